The van der Waals surface area contributed by atoms with Crippen LogP contribution >= 0.6 is 23.2 Å². The summed E-state index contributed by atoms with van der Waals surface area (Å²) in [5.74, 6) is -1.94. The first-order valence-corrected chi connectivity index (χ1v) is 11.4. The third-order valence-electron chi connectivity index (χ3n) is 5.54. The molecular weight excluding hydrogens is 585 g/mol. The third kappa shape index (κ3) is 5.51. The van der Waals surface area contributed by atoms with Crippen LogP contribution in [0.1, 0.15) is 29.8 Å². The van der Waals surface area contributed by atoms with Crippen LogP contribution in [0, 0.1) is 17.3 Å². The monoisotopic (exact) mass is 599 g/mol. The molecule has 2 aromatic heterocycles. The van der Waals surface area contributed by atoms with Crippen LogP contribution in [0.3, 0.4) is 0 Å². The number of carbonyl (C=O) groups excluding carboxylic acids is 1. The molecule has 0 bridgehead atoms. The van der Waals surface area contributed by atoms with Crippen LogP contribution in [0.2, 0.25) is 10.0 Å². The van der Waals surface area contributed by atoms with Gasteiger partial charge in [0.15, 0.2) is 0 Å². The van der Waals surface area contributed by atoms with Gasteiger partial charge in [-0.25, -0.2) is 14.1 Å². The molecule has 0 saturated carbocycles. The summed E-state index contributed by atoms with van der Waals surface area (Å²) in [6.45, 7) is 2.90. The minimum atomic E-state index is -6.37. The number of nitriles is 1. The van der Waals surface area contributed by atoms with Crippen molar-refractivity contribution in [2.75, 3.05) is 6.54 Å². The van der Waals surface area contributed by atoms with Crippen molar-refractivity contribution < 1.29 is 39.9 Å². The smallest absolute Gasteiger partial charge is 0.323 e. The number of halogens is 10. The zero-order chi connectivity index (χ0) is 29.5. The number of rotatable bonds is 6. The zero-order valence-corrected chi connectivity index (χ0v) is 21.2. The lowest BCUT2D eigenvalue weighted by molar-refractivity contribution is -0.348. The standard InChI is InChI=1S/C23H15Cl2F8N5O/c1-11(2)37(4-3-34)20(39)15-5-12(8-35-19(15)26)13-9-36-38(10-13)18-16(24)6-14(7-17(18)25)21(27,22(28,29)30)23(31,32)33/h5-11H,4H2,1-2H3. The van der Waals surface area contributed by atoms with Crippen molar-refractivity contribution in [3.8, 4) is 22.9 Å². The van der Waals surface area contributed by atoms with E-state index in [0.29, 0.717) is 0 Å². The molecule has 3 rings (SSSR count). The normalized spacial score (nSPS) is 12.5. The number of hydrogen-bond acceptors (Lipinski definition) is 4. The van der Waals surface area contributed by atoms with E-state index in [-0.39, 0.29) is 35.5 Å². The molecule has 0 aliphatic carbocycles. The first kappa shape index (κ1) is 30.1. The quantitative estimate of drug-likeness (QED) is 0.173. The van der Waals surface area contributed by atoms with Crippen molar-refractivity contribution in [3.63, 3.8) is 0 Å². The Kier molecular flexibility index (Phi) is 8.19. The summed E-state index contributed by atoms with van der Waals surface area (Å²) in [6, 6.07) is 2.74. The van der Waals surface area contributed by atoms with Gasteiger partial charge in [-0.1, -0.05) is 23.2 Å². The molecule has 0 unspecified atom stereocenters. The van der Waals surface area contributed by atoms with Crippen LogP contribution < -0.4 is 0 Å². The molecule has 6 nitrogen and oxygen atoms in total. The molecule has 1 aromatic carbocycles. The minimum absolute atomic E-state index is 0.132. The van der Waals surface area contributed by atoms with Crippen molar-refractivity contribution in [2.24, 2.45) is 0 Å². The molecule has 39 heavy (non-hydrogen) atoms. The van der Waals surface area contributed by atoms with E-state index in [9.17, 15) is 39.9 Å². The fourth-order valence-corrected chi connectivity index (χ4v) is 4.20. The zero-order valence-electron chi connectivity index (χ0n) is 19.7. The molecular formula is C23H15Cl2F8N5O. The summed E-state index contributed by atoms with van der Waals surface area (Å²) >= 11 is 11.9. The Hall–Kier alpha value is -3.44. The van der Waals surface area contributed by atoms with E-state index in [2.05, 4.69) is 10.1 Å². The van der Waals surface area contributed by atoms with Gasteiger partial charge in [-0.15, -0.1) is 0 Å². The second kappa shape index (κ2) is 10.6. The molecule has 0 saturated heterocycles. The van der Waals surface area contributed by atoms with E-state index in [1.54, 1.807) is 19.9 Å². The molecule has 0 aliphatic rings. The molecule has 0 atom stereocenters. The van der Waals surface area contributed by atoms with Crippen molar-refractivity contribution in [3.05, 3.63) is 63.9 Å². The lowest BCUT2D eigenvalue weighted by Crippen LogP contribution is -2.50. The van der Waals surface area contributed by atoms with E-state index in [0.717, 1.165) is 28.0 Å². The van der Waals surface area contributed by atoms with Crippen LogP contribution in [0.5, 0.6) is 0 Å². The molecule has 0 radical (unpaired) electrons. The maximum absolute atomic E-state index is 14.5. The molecule has 3 aromatic rings. The van der Waals surface area contributed by atoms with Gasteiger partial charge < -0.3 is 4.90 Å². The number of benzene rings is 1. The molecule has 0 spiro atoms. The van der Waals surface area contributed by atoms with E-state index in [1.807, 2.05) is 0 Å². The Labute approximate surface area is 225 Å². The van der Waals surface area contributed by atoms with E-state index < -0.39 is 57.1 Å². The fraction of sp³-hybridized carbons (Fsp3) is 0.304. The molecule has 0 fully saturated rings. The molecule has 0 aliphatic heterocycles. The summed E-state index contributed by atoms with van der Waals surface area (Å²) < 4.78 is 109. The Morgan fingerprint density at radius 3 is 2.08 bits per heavy atom. The van der Waals surface area contributed by atoms with Crippen LogP contribution in [0.4, 0.5) is 35.1 Å². The fourth-order valence-electron chi connectivity index (χ4n) is 3.54. The highest BCUT2D eigenvalue weighted by molar-refractivity contribution is 6.37. The summed E-state index contributed by atoms with van der Waals surface area (Å²) in [5.41, 5.74) is -8.19. The van der Waals surface area contributed by atoms with Gasteiger partial charge in [0.05, 0.1) is 27.9 Å². The predicted molar refractivity (Wildman–Crippen MR) is 123 cm³/mol. The van der Waals surface area contributed by atoms with Crippen LogP contribution in [0.15, 0.2) is 36.8 Å². The lowest BCUT2D eigenvalue weighted by atomic mass is 9.94. The molecule has 16 heteroatoms. The number of carbonyl (C=O) groups is 1. The van der Waals surface area contributed by atoms with Crippen molar-refractivity contribution >= 4 is 29.1 Å². The Balaban J connectivity index is 2.06. The minimum Gasteiger partial charge on any atom is -0.323 e. The average Bonchev–Trinajstić information content (AvgIpc) is 3.29. The SMILES string of the molecule is CC(C)N(CC#N)C(=O)c1cc(-c2cnn(-c3c(Cl)cc(C(F)(C(F)(F)F)C(F)(F)F)cc3Cl)c2)cnc1F. The van der Waals surface area contributed by atoms with Gasteiger partial charge in [0, 0.05) is 35.1 Å². The highest BCUT2D eigenvalue weighted by atomic mass is 35.5. The Morgan fingerprint density at radius 2 is 1.59 bits per heavy atom. The maximum atomic E-state index is 14.5. The predicted octanol–water partition coefficient (Wildman–Crippen LogP) is 7.04. The topological polar surface area (TPSA) is 74.8 Å². The summed E-state index contributed by atoms with van der Waals surface area (Å²) in [5, 5.41) is 11.3. The number of amides is 1. The van der Waals surface area contributed by atoms with E-state index in [1.165, 1.54) is 6.20 Å². The molecule has 1 amide bonds. The molecule has 0 N–H and O–H groups in total. The largest absolute Gasteiger partial charge is 0.435 e. The maximum Gasteiger partial charge on any atom is 0.435 e. The summed E-state index contributed by atoms with van der Waals surface area (Å²) in [4.78, 5) is 17.4. The number of pyridine rings is 1. The van der Waals surface area contributed by atoms with Gasteiger partial charge in [-0.3, -0.25) is 4.79 Å². The van der Waals surface area contributed by atoms with Crippen LogP contribution in [-0.4, -0.2) is 50.5 Å². The summed E-state index contributed by atoms with van der Waals surface area (Å²) in [6.07, 6.45) is -9.40. The number of alkyl halides is 7. The van der Waals surface area contributed by atoms with Crippen molar-refractivity contribution in [1.82, 2.24) is 19.7 Å². The highest BCUT2D eigenvalue weighted by Crippen LogP contribution is 2.54. The van der Waals surface area contributed by atoms with Gasteiger partial charge in [0.1, 0.15) is 12.2 Å². The van der Waals surface area contributed by atoms with Crippen molar-refractivity contribution in [2.45, 2.75) is 37.9 Å². The second-order valence-corrected chi connectivity index (χ2v) is 9.18. The average molecular weight is 600 g/mol. The molecule has 2 heterocycles. The van der Waals surface area contributed by atoms with Gasteiger partial charge in [-0.05, 0) is 32.0 Å². The van der Waals surface area contributed by atoms with Gasteiger partial charge >= 0.3 is 18.0 Å². The number of aromatic nitrogens is 3. The van der Waals surface area contributed by atoms with Gasteiger partial charge in [0.25, 0.3) is 5.91 Å². The van der Waals surface area contributed by atoms with Crippen LogP contribution in [-0.2, 0) is 5.67 Å². The highest BCUT2D eigenvalue weighted by Gasteiger charge is 2.73. The first-order valence-electron chi connectivity index (χ1n) is 10.6. The Morgan fingerprint density at radius 1 is 1.03 bits per heavy atom. The van der Waals surface area contributed by atoms with Gasteiger partial charge in [-0.2, -0.15) is 41.1 Å². The second-order valence-electron chi connectivity index (χ2n) is 8.36. The molecule has 208 valence electrons. The Bertz CT molecular complexity index is 1410. The summed E-state index contributed by atoms with van der Waals surface area (Å²) in [7, 11) is 0. The van der Waals surface area contributed by atoms with E-state index in [4.69, 9.17) is 28.5 Å². The number of hydrogen-bond donors (Lipinski definition) is 0. The third-order valence-corrected chi connectivity index (χ3v) is 6.11. The van der Waals surface area contributed by atoms with Crippen LogP contribution in [0.25, 0.3) is 16.8 Å². The van der Waals surface area contributed by atoms with Gasteiger partial charge in [0.2, 0.25) is 5.95 Å². The van der Waals surface area contributed by atoms with Crippen molar-refractivity contribution in [1.29, 1.82) is 5.26 Å². The van der Waals surface area contributed by atoms with E-state index >= 15 is 0 Å². The first-order chi connectivity index (χ1) is 17.9. The number of nitrogens with zero attached hydrogens (tertiary/aromatic N) is 5. The lowest BCUT2D eigenvalue weighted by Gasteiger charge is -2.30.